The molecule has 0 saturated heterocycles. The summed E-state index contributed by atoms with van der Waals surface area (Å²) in [6.07, 6.45) is 3.46. The van der Waals surface area contributed by atoms with Gasteiger partial charge in [-0.05, 0) is 25.1 Å². The third-order valence-corrected chi connectivity index (χ3v) is 2.98. The summed E-state index contributed by atoms with van der Waals surface area (Å²) in [5.41, 5.74) is 7.70. The topological polar surface area (TPSA) is 87.0 Å². The maximum atomic E-state index is 12.2. The largest absolute Gasteiger partial charge is 0.399 e. The summed E-state index contributed by atoms with van der Waals surface area (Å²) < 4.78 is 0. The molecule has 0 saturated carbocycles. The average Bonchev–Trinajstić information content (AvgIpc) is 2.92. The Morgan fingerprint density at radius 3 is 2.80 bits per heavy atom. The molecule has 1 aromatic carbocycles. The van der Waals surface area contributed by atoms with Crippen LogP contribution in [0.25, 0.3) is 0 Å². The third kappa shape index (κ3) is 2.90. The molecule has 1 unspecified atom stereocenters. The van der Waals surface area contributed by atoms with E-state index in [1.165, 1.54) is 4.90 Å². The fraction of sp³-hybridized carbons (Fsp3) is 0.286. The number of nitrogens with zero attached hydrogens (tertiary/aromatic N) is 2. The van der Waals surface area contributed by atoms with Crippen molar-refractivity contribution in [1.82, 2.24) is 14.9 Å². The van der Waals surface area contributed by atoms with Crippen molar-refractivity contribution in [2.24, 2.45) is 0 Å². The zero-order valence-corrected chi connectivity index (χ0v) is 11.8. The monoisotopic (exact) mass is 273 g/mol. The number of nitrogens with two attached hydrogens (primary N) is 1. The Morgan fingerprint density at radius 1 is 1.45 bits per heavy atom. The van der Waals surface area contributed by atoms with E-state index in [4.69, 9.17) is 5.73 Å². The van der Waals surface area contributed by atoms with Gasteiger partial charge in [0.25, 0.3) is 5.91 Å². The van der Waals surface area contributed by atoms with Gasteiger partial charge in [-0.2, -0.15) is 0 Å². The molecule has 0 bridgehead atoms. The van der Waals surface area contributed by atoms with Crippen LogP contribution in [0.2, 0.25) is 0 Å². The molecular formula is C14H19N5O. The molecule has 0 aliphatic carbocycles. The molecule has 0 radical (unpaired) electrons. The highest BCUT2D eigenvalue weighted by Crippen LogP contribution is 2.24. The lowest BCUT2D eigenvalue weighted by atomic mass is 10.1. The molecule has 4 N–H and O–H groups in total. The van der Waals surface area contributed by atoms with Crippen LogP contribution in [0, 0.1) is 0 Å². The van der Waals surface area contributed by atoms with Crippen LogP contribution in [0.4, 0.5) is 11.4 Å². The number of hydrogen-bond donors (Lipinski definition) is 3. The molecule has 1 heterocycles. The number of H-pyrrole nitrogens is 1. The molecule has 0 fully saturated rings. The minimum Gasteiger partial charge on any atom is -0.399 e. The van der Waals surface area contributed by atoms with Crippen molar-refractivity contribution in [3.63, 3.8) is 0 Å². The van der Waals surface area contributed by atoms with Crippen molar-refractivity contribution < 1.29 is 4.79 Å². The lowest BCUT2D eigenvalue weighted by molar-refractivity contribution is 0.0828. The Bertz CT molecular complexity index is 592. The van der Waals surface area contributed by atoms with Crippen LogP contribution in [-0.2, 0) is 0 Å². The molecule has 6 heteroatoms. The molecule has 0 aliphatic rings. The first-order chi connectivity index (χ1) is 9.49. The SMILES string of the molecule is CC(Nc1cc(N)ccc1C(=O)N(C)C)c1ncc[nH]1. The van der Waals surface area contributed by atoms with Gasteiger partial charge in [0, 0.05) is 37.9 Å². The van der Waals surface area contributed by atoms with Gasteiger partial charge in [0.15, 0.2) is 0 Å². The zero-order valence-electron chi connectivity index (χ0n) is 11.8. The Kier molecular flexibility index (Phi) is 3.93. The van der Waals surface area contributed by atoms with Crippen molar-refractivity contribution in [3.05, 3.63) is 42.0 Å². The molecule has 0 spiro atoms. The fourth-order valence-electron chi connectivity index (χ4n) is 1.92. The van der Waals surface area contributed by atoms with E-state index in [-0.39, 0.29) is 11.9 Å². The summed E-state index contributed by atoms with van der Waals surface area (Å²) in [6, 6.07) is 5.16. The molecule has 1 amide bonds. The number of aromatic nitrogens is 2. The number of aromatic amines is 1. The molecule has 20 heavy (non-hydrogen) atoms. The Labute approximate surface area is 118 Å². The second kappa shape index (κ2) is 5.64. The number of carbonyl (C=O) groups excluding carboxylic acids is 1. The number of rotatable bonds is 4. The first kappa shape index (κ1) is 13.9. The van der Waals surface area contributed by atoms with E-state index in [2.05, 4.69) is 15.3 Å². The van der Waals surface area contributed by atoms with Crippen LogP contribution in [0.5, 0.6) is 0 Å². The average molecular weight is 273 g/mol. The van der Waals surface area contributed by atoms with Crippen LogP contribution in [0.15, 0.2) is 30.6 Å². The lowest BCUT2D eigenvalue weighted by Crippen LogP contribution is -2.23. The second-order valence-corrected chi connectivity index (χ2v) is 4.85. The first-order valence-corrected chi connectivity index (χ1v) is 6.36. The van der Waals surface area contributed by atoms with Gasteiger partial charge in [-0.25, -0.2) is 4.98 Å². The van der Waals surface area contributed by atoms with Gasteiger partial charge in [-0.3, -0.25) is 4.79 Å². The number of amides is 1. The van der Waals surface area contributed by atoms with E-state index >= 15 is 0 Å². The van der Waals surface area contributed by atoms with Crippen LogP contribution in [0.1, 0.15) is 29.1 Å². The van der Waals surface area contributed by atoms with Gasteiger partial charge in [-0.1, -0.05) is 0 Å². The van der Waals surface area contributed by atoms with Gasteiger partial charge in [0.05, 0.1) is 11.6 Å². The van der Waals surface area contributed by atoms with Crippen LogP contribution < -0.4 is 11.1 Å². The quantitative estimate of drug-likeness (QED) is 0.742. The number of anilines is 2. The van der Waals surface area contributed by atoms with Crippen molar-refractivity contribution in [3.8, 4) is 0 Å². The minimum atomic E-state index is -0.0702. The number of nitrogens with one attached hydrogen (secondary N) is 2. The van der Waals surface area contributed by atoms with E-state index < -0.39 is 0 Å². The highest BCUT2D eigenvalue weighted by Gasteiger charge is 2.16. The zero-order chi connectivity index (χ0) is 14.7. The summed E-state index contributed by atoms with van der Waals surface area (Å²) in [4.78, 5) is 20.9. The summed E-state index contributed by atoms with van der Waals surface area (Å²) in [7, 11) is 3.44. The standard InChI is InChI=1S/C14H19N5O/c1-9(13-16-6-7-17-13)18-12-8-10(15)4-5-11(12)14(20)19(2)3/h4-9,18H,15H2,1-3H3,(H,16,17). The van der Waals surface area contributed by atoms with Gasteiger partial charge in [-0.15, -0.1) is 0 Å². The number of hydrogen-bond acceptors (Lipinski definition) is 4. The molecule has 106 valence electrons. The van der Waals surface area contributed by atoms with E-state index in [1.807, 2.05) is 6.92 Å². The van der Waals surface area contributed by atoms with Crippen molar-refractivity contribution >= 4 is 17.3 Å². The van der Waals surface area contributed by atoms with E-state index in [0.717, 1.165) is 5.82 Å². The van der Waals surface area contributed by atoms with E-state index in [1.54, 1.807) is 44.7 Å². The lowest BCUT2D eigenvalue weighted by Gasteiger charge is -2.19. The third-order valence-electron chi connectivity index (χ3n) is 2.98. The number of carbonyl (C=O) groups is 1. The Balaban J connectivity index is 2.30. The molecule has 0 aliphatic heterocycles. The van der Waals surface area contributed by atoms with Crippen LogP contribution >= 0.6 is 0 Å². The first-order valence-electron chi connectivity index (χ1n) is 6.36. The molecule has 6 nitrogen and oxygen atoms in total. The number of nitrogen functional groups attached to an aromatic ring is 1. The molecule has 1 aromatic heterocycles. The maximum Gasteiger partial charge on any atom is 0.255 e. The predicted molar refractivity (Wildman–Crippen MR) is 79.5 cm³/mol. The number of benzene rings is 1. The fourth-order valence-corrected chi connectivity index (χ4v) is 1.92. The summed E-state index contributed by atoms with van der Waals surface area (Å²) in [5, 5.41) is 3.27. The predicted octanol–water partition coefficient (Wildman–Crippen LogP) is 1.87. The molecular weight excluding hydrogens is 254 g/mol. The Morgan fingerprint density at radius 2 is 2.20 bits per heavy atom. The van der Waals surface area contributed by atoms with E-state index in [0.29, 0.717) is 16.9 Å². The van der Waals surface area contributed by atoms with Crippen LogP contribution in [0.3, 0.4) is 0 Å². The van der Waals surface area contributed by atoms with Crippen LogP contribution in [-0.4, -0.2) is 34.9 Å². The minimum absolute atomic E-state index is 0.0551. The van der Waals surface area contributed by atoms with Gasteiger partial charge in [0.1, 0.15) is 5.82 Å². The molecule has 2 aromatic rings. The maximum absolute atomic E-state index is 12.2. The smallest absolute Gasteiger partial charge is 0.255 e. The normalized spacial score (nSPS) is 11.9. The summed E-state index contributed by atoms with van der Waals surface area (Å²) >= 11 is 0. The second-order valence-electron chi connectivity index (χ2n) is 4.85. The summed E-state index contributed by atoms with van der Waals surface area (Å²) in [5.74, 6) is 0.731. The Hall–Kier alpha value is -2.50. The van der Waals surface area contributed by atoms with Crippen molar-refractivity contribution in [1.29, 1.82) is 0 Å². The van der Waals surface area contributed by atoms with Crippen molar-refractivity contribution in [2.45, 2.75) is 13.0 Å². The molecule has 1 atom stereocenters. The van der Waals surface area contributed by atoms with Gasteiger partial charge >= 0.3 is 0 Å². The highest BCUT2D eigenvalue weighted by molar-refractivity contribution is 6.00. The number of imidazole rings is 1. The van der Waals surface area contributed by atoms with Gasteiger partial charge in [0.2, 0.25) is 0 Å². The van der Waals surface area contributed by atoms with Crippen molar-refractivity contribution in [2.75, 3.05) is 25.1 Å². The highest BCUT2D eigenvalue weighted by atomic mass is 16.2. The van der Waals surface area contributed by atoms with E-state index in [9.17, 15) is 4.79 Å². The van der Waals surface area contributed by atoms with Gasteiger partial charge < -0.3 is 20.9 Å². The summed E-state index contributed by atoms with van der Waals surface area (Å²) in [6.45, 7) is 1.96. The molecule has 2 rings (SSSR count).